The lowest BCUT2D eigenvalue weighted by atomic mass is 10.1. The van der Waals surface area contributed by atoms with Gasteiger partial charge in [0.15, 0.2) is 0 Å². The highest BCUT2D eigenvalue weighted by Gasteiger charge is 2.24. The molecule has 1 aromatic carbocycles. The Morgan fingerprint density at radius 1 is 1.32 bits per heavy atom. The summed E-state index contributed by atoms with van der Waals surface area (Å²) >= 11 is 5.95. The highest BCUT2D eigenvalue weighted by Crippen LogP contribution is 2.21. The van der Waals surface area contributed by atoms with Crippen LogP contribution in [0.3, 0.4) is 0 Å². The topological polar surface area (TPSA) is 84.9 Å². The summed E-state index contributed by atoms with van der Waals surface area (Å²) in [5.74, 6) is -0.645. The van der Waals surface area contributed by atoms with Gasteiger partial charge in [0, 0.05) is 11.4 Å². The standard InChI is InChI=1S/C15H20ClNO5/c1-15(2,3)22-14(20)17-12(13(18)19)7-9-5-10(16)8-11(6-9)21-4/h5-6,8,12H,7H2,1-4H3,(H,17,20)(H,18,19)/t12-/m1/s1. The Morgan fingerprint density at radius 3 is 2.45 bits per heavy atom. The Bertz CT molecular complexity index is 553. The number of carboxylic acid groups (broad SMARTS) is 1. The number of hydrogen-bond acceptors (Lipinski definition) is 4. The molecule has 0 aliphatic heterocycles. The van der Waals surface area contributed by atoms with E-state index in [9.17, 15) is 14.7 Å². The molecule has 0 bridgehead atoms. The van der Waals surface area contributed by atoms with Gasteiger partial charge in [-0.15, -0.1) is 0 Å². The molecular formula is C15H20ClNO5. The molecule has 0 aliphatic rings. The molecular weight excluding hydrogens is 310 g/mol. The predicted octanol–water partition coefficient (Wildman–Crippen LogP) is 2.87. The molecule has 7 heteroatoms. The first-order valence-corrected chi connectivity index (χ1v) is 7.04. The van der Waals surface area contributed by atoms with Gasteiger partial charge in [0.05, 0.1) is 7.11 Å². The van der Waals surface area contributed by atoms with Crippen LogP contribution in [-0.4, -0.2) is 35.9 Å². The van der Waals surface area contributed by atoms with E-state index in [-0.39, 0.29) is 6.42 Å². The summed E-state index contributed by atoms with van der Waals surface area (Å²) in [6, 6.07) is 3.77. The van der Waals surface area contributed by atoms with Crippen molar-refractivity contribution in [3.63, 3.8) is 0 Å². The van der Waals surface area contributed by atoms with Gasteiger partial charge in [0.1, 0.15) is 17.4 Å². The van der Waals surface area contributed by atoms with Crippen molar-refractivity contribution in [1.82, 2.24) is 5.32 Å². The van der Waals surface area contributed by atoms with Crippen LogP contribution in [0.25, 0.3) is 0 Å². The Hall–Kier alpha value is -1.95. The van der Waals surface area contributed by atoms with Crippen LogP contribution in [0.4, 0.5) is 4.79 Å². The summed E-state index contributed by atoms with van der Waals surface area (Å²) < 4.78 is 10.1. The Labute approximate surface area is 134 Å². The van der Waals surface area contributed by atoms with Gasteiger partial charge < -0.3 is 19.9 Å². The van der Waals surface area contributed by atoms with E-state index in [0.717, 1.165) is 0 Å². The summed E-state index contributed by atoms with van der Waals surface area (Å²) in [4.78, 5) is 23.0. The fourth-order valence-electron chi connectivity index (χ4n) is 1.74. The lowest BCUT2D eigenvalue weighted by Crippen LogP contribution is -2.44. The normalized spacial score (nSPS) is 12.4. The van der Waals surface area contributed by atoms with E-state index < -0.39 is 23.7 Å². The molecule has 122 valence electrons. The minimum absolute atomic E-state index is 0.0610. The van der Waals surface area contributed by atoms with Crippen molar-refractivity contribution >= 4 is 23.7 Å². The molecule has 0 saturated carbocycles. The minimum Gasteiger partial charge on any atom is -0.497 e. The number of amides is 1. The zero-order valence-electron chi connectivity index (χ0n) is 13.0. The molecule has 0 spiro atoms. The summed E-state index contributed by atoms with van der Waals surface area (Å²) in [7, 11) is 1.49. The molecule has 0 saturated heterocycles. The maximum absolute atomic E-state index is 11.7. The number of carboxylic acids is 1. The molecule has 6 nitrogen and oxygen atoms in total. The first-order chi connectivity index (χ1) is 10.1. The highest BCUT2D eigenvalue weighted by atomic mass is 35.5. The number of hydrogen-bond donors (Lipinski definition) is 2. The number of carbonyl (C=O) groups is 2. The average molecular weight is 330 g/mol. The number of methoxy groups -OCH3 is 1. The number of benzene rings is 1. The third kappa shape index (κ3) is 6.22. The summed E-state index contributed by atoms with van der Waals surface area (Å²) in [6.07, 6.45) is -0.722. The summed E-state index contributed by atoms with van der Waals surface area (Å²) in [6.45, 7) is 5.10. The summed E-state index contributed by atoms with van der Waals surface area (Å²) in [5, 5.41) is 12.0. The SMILES string of the molecule is COc1cc(Cl)cc(C[C@@H](NC(=O)OC(C)(C)C)C(=O)O)c1. The molecule has 0 aromatic heterocycles. The van der Waals surface area contributed by atoms with E-state index in [1.54, 1.807) is 39.0 Å². The summed E-state index contributed by atoms with van der Waals surface area (Å²) in [5.41, 5.74) is -0.0697. The number of ether oxygens (including phenoxy) is 2. The van der Waals surface area contributed by atoms with Crippen molar-refractivity contribution in [3.05, 3.63) is 28.8 Å². The van der Waals surface area contributed by atoms with E-state index in [2.05, 4.69) is 5.32 Å². The molecule has 0 fully saturated rings. The third-order valence-corrected chi connectivity index (χ3v) is 2.81. The van der Waals surface area contributed by atoms with Crippen LogP contribution in [0.2, 0.25) is 5.02 Å². The maximum atomic E-state index is 11.7. The molecule has 0 radical (unpaired) electrons. The molecule has 1 amide bonds. The van der Waals surface area contributed by atoms with Crippen LogP contribution in [0, 0.1) is 0 Å². The Morgan fingerprint density at radius 2 is 1.95 bits per heavy atom. The van der Waals surface area contributed by atoms with Crippen LogP contribution >= 0.6 is 11.6 Å². The van der Waals surface area contributed by atoms with E-state index in [1.807, 2.05) is 0 Å². The first kappa shape index (κ1) is 18.1. The second kappa shape index (κ2) is 7.35. The van der Waals surface area contributed by atoms with Crippen LogP contribution in [0.15, 0.2) is 18.2 Å². The molecule has 0 heterocycles. The van der Waals surface area contributed by atoms with Crippen molar-refractivity contribution < 1.29 is 24.2 Å². The van der Waals surface area contributed by atoms with Crippen molar-refractivity contribution in [3.8, 4) is 5.75 Å². The number of halogens is 1. The quantitative estimate of drug-likeness (QED) is 0.867. The molecule has 1 rings (SSSR count). The third-order valence-electron chi connectivity index (χ3n) is 2.60. The van der Waals surface area contributed by atoms with Gasteiger partial charge >= 0.3 is 12.1 Å². The van der Waals surface area contributed by atoms with Gasteiger partial charge in [-0.25, -0.2) is 9.59 Å². The first-order valence-electron chi connectivity index (χ1n) is 6.66. The van der Waals surface area contributed by atoms with Crippen LogP contribution < -0.4 is 10.1 Å². The van der Waals surface area contributed by atoms with E-state index in [4.69, 9.17) is 21.1 Å². The van der Waals surface area contributed by atoms with E-state index in [0.29, 0.717) is 16.3 Å². The molecule has 0 aliphatic carbocycles. The van der Waals surface area contributed by atoms with Gasteiger partial charge in [-0.05, 0) is 44.5 Å². The molecule has 0 unspecified atom stereocenters. The second-order valence-electron chi connectivity index (χ2n) is 5.74. The van der Waals surface area contributed by atoms with Crippen LogP contribution in [0.5, 0.6) is 5.75 Å². The lowest BCUT2D eigenvalue weighted by Gasteiger charge is -2.22. The van der Waals surface area contributed by atoms with Crippen molar-refractivity contribution in [2.75, 3.05) is 7.11 Å². The van der Waals surface area contributed by atoms with Crippen LogP contribution in [0.1, 0.15) is 26.3 Å². The molecule has 22 heavy (non-hydrogen) atoms. The average Bonchev–Trinajstić information content (AvgIpc) is 2.34. The van der Waals surface area contributed by atoms with Gasteiger partial charge in [-0.3, -0.25) is 0 Å². The second-order valence-corrected chi connectivity index (χ2v) is 6.18. The molecule has 2 N–H and O–H groups in total. The van der Waals surface area contributed by atoms with Gasteiger partial charge in [-0.1, -0.05) is 11.6 Å². The lowest BCUT2D eigenvalue weighted by molar-refractivity contribution is -0.139. The van der Waals surface area contributed by atoms with Gasteiger partial charge in [-0.2, -0.15) is 0 Å². The van der Waals surface area contributed by atoms with Gasteiger partial charge in [0.2, 0.25) is 0 Å². The monoisotopic (exact) mass is 329 g/mol. The highest BCUT2D eigenvalue weighted by molar-refractivity contribution is 6.30. The van der Waals surface area contributed by atoms with Crippen LogP contribution in [-0.2, 0) is 16.0 Å². The fraction of sp³-hybridized carbons (Fsp3) is 0.467. The van der Waals surface area contributed by atoms with Crippen molar-refractivity contribution in [1.29, 1.82) is 0 Å². The molecule has 1 aromatic rings. The fourth-order valence-corrected chi connectivity index (χ4v) is 1.99. The largest absolute Gasteiger partial charge is 0.497 e. The number of aliphatic carboxylic acids is 1. The van der Waals surface area contributed by atoms with Gasteiger partial charge in [0.25, 0.3) is 0 Å². The zero-order chi connectivity index (χ0) is 16.9. The van der Waals surface area contributed by atoms with Crippen molar-refractivity contribution in [2.45, 2.75) is 38.8 Å². The Balaban J connectivity index is 2.83. The minimum atomic E-state index is -1.16. The Kier molecular flexibility index (Phi) is 6.05. The number of carbonyl (C=O) groups excluding carboxylic acids is 1. The van der Waals surface area contributed by atoms with E-state index >= 15 is 0 Å². The smallest absolute Gasteiger partial charge is 0.408 e. The number of rotatable bonds is 5. The predicted molar refractivity (Wildman–Crippen MR) is 82.5 cm³/mol. The maximum Gasteiger partial charge on any atom is 0.408 e. The number of alkyl carbamates (subject to hydrolysis) is 1. The van der Waals surface area contributed by atoms with Crippen molar-refractivity contribution in [2.24, 2.45) is 0 Å². The molecule has 1 atom stereocenters. The number of nitrogens with one attached hydrogen (secondary N) is 1. The van der Waals surface area contributed by atoms with E-state index in [1.165, 1.54) is 7.11 Å². The zero-order valence-corrected chi connectivity index (χ0v) is 13.7.